The Labute approximate surface area is 126 Å². The number of carbonyl (C=O) groups is 1. The molecule has 0 fully saturated rings. The average Bonchev–Trinajstić information content (AvgIpc) is 2.34. The highest BCUT2D eigenvalue weighted by Crippen LogP contribution is 2.29. The van der Waals surface area contributed by atoms with Gasteiger partial charge in [-0.05, 0) is 39.8 Å². The molecule has 0 saturated carbocycles. The number of hydrogen-bond acceptors (Lipinski definition) is 4. The van der Waals surface area contributed by atoms with Gasteiger partial charge in [0.2, 0.25) is 15.7 Å². The Morgan fingerprint density at radius 1 is 1.23 bits per heavy atom. The third kappa shape index (κ3) is 4.43. The summed E-state index contributed by atoms with van der Waals surface area (Å²) in [6.07, 6.45) is -4.17. The first-order chi connectivity index (χ1) is 9.75. The predicted molar refractivity (Wildman–Crippen MR) is 73.8 cm³/mol. The Balaban J connectivity index is 3.06. The van der Waals surface area contributed by atoms with Crippen molar-refractivity contribution in [3.63, 3.8) is 0 Å². The first-order valence-corrected chi connectivity index (χ1v) is 7.89. The second-order valence-electron chi connectivity index (χ2n) is 5.81. The first-order valence-electron chi connectivity index (χ1n) is 6.34. The van der Waals surface area contributed by atoms with Gasteiger partial charge in [0.15, 0.2) is 5.03 Å². The maximum atomic E-state index is 12.4. The van der Waals surface area contributed by atoms with Gasteiger partial charge in [-0.15, -0.1) is 0 Å². The maximum absolute atomic E-state index is 12.4. The normalized spacial score (nSPS) is 14.5. The minimum Gasteiger partial charge on any atom is -0.350 e. The largest absolute Gasteiger partial charge is 0.417 e. The van der Waals surface area contributed by atoms with Crippen LogP contribution in [-0.2, 0) is 20.8 Å². The van der Waals surface area contributed by atoms with Crippen molar-refractivity contribution < 1.29 is 26.4 Å². The third-order valence-electron chi connectivity index (χ3n) is 2.69. The van der Waals surface area contributed by atoms with Crippen LogP contribution in [0.5, 0.6) is 0 Å². The van der Waals surface area contributed by atoms with E-state index < -0.39 is 43.3 Å². The minimum atomic E-state index is -4.61. The van der Waals surface area contributed by atoms with Crippen LogP contribution in [0.3, 0.4) is 0 Å². The summed E-state index contributed by atoms with van der Waals surface area (Å²) in [4.78, 5) is 15.2. The third-order valence-corrected chi connectivity index (χ3v) is 4.66. The van der Waals surface area contributed by atoms with Crippen molar-refractivity contribution in [3.8, 4) is 0 Å². The lowest BCUT2D eigenvalue weighted by Crippen LogP contribution is -2.47. The van der Waals surface area contributed by atoms with Gasteiger partial charge < -0.3 is 5.32 Å². The molecule has 0 aliphatic heterocycles. The molecule has 0 saturated heterocycles. The summed E-state index contributed by atoms with van der Waals surface area (Å²) in [6.45, 7) is 6.21. The molecule has 0 aliphatic rings. The van der Waals surface area contributed by atoms with E-state index in [2.05, 4.69) is 10.3 Å². The van der Waals surface area contributed by atoms with E-state index in [0.29, 0.717) is 12.3 Å². The molecule has 1 heterocycles. The van der Waals surface area contributed by atoms with E-state index in [1.165, 1.54) is 0 Å². The molecule has 0 aliphatic carbocycles. The minimum absolute atomic E-state index is 0.432. The molecule has 1 N–H and O–H groups in total. The van der Waals surface area contributed by atoms with Crippen LogP contribution in [0, 0.1) is 0 Å². The van der Waals surface area contributed by atoms with Crippen molar-refractivity contribution in [2.24, 2.45) is 0 Å². The lowest BCUT2D eigenvalue weighted by molar-refractivity contribution is -0.137. The summed E-state index contributed by atoms with van der Waals surface area (Å²) in [7, 11) is -4.16. The number of alkyl halides is 3. The van der Waals surface area contributed by atoms with Crippen molar-refractivity contribution >= 4 is 15.7 Å². The molecular weight excluding hydrogens is 321 g/mol. The fourth-order valence-corrected chi connectivity index (χ4v) is 2.67. The molecule has 1 rings (SSSR count). The van der Waals surface area contributed by atoms with Crippen LogP contribution >= 0.6 is 0 Å². The van der Waals surface area contributed by atoms with Crippen LogP contribution in [0.1, 0.15) is 33.3 Å². The Morgan fingerprint density at radius 3 is 2.14 bits per heavy atom. The number of nitrogens with one attached hydrogen (secondary N) is 1. The highest BCUT2D eigenvalue weighted by Gasteiger charge is 2.35. The lowest BCUT2D eigenvalue weighted by atomic mass is 10.1. The quantitative estimate of drug-likeness (QED) is 0.916. The number of pyridine rings is 1. The first kappa shape index (κ1) is 18.4. The van der Waals surface area contributed by atoms with Gasteiger partial charge in [-0.3, -0.25) is 4.79 Å². The predicted octanol–water partition coefficient (Wildman–Crippen LogP) is 2.18. The van der Waals surface area contributed by atoms with Crippen molar-refractivity contribution in [2.75, 3.05) is 0 Å². The Kier molecular flexibility index (Phi) is 4.91. The van der Waals surface area contributed by atoms with Crippen LogP contribution < -0.4 is 5.32 Å². The molecule has 0 radical (unpaired) electrons. The number of amides is 1. The second-order valence-corrected chi connectivity index (χ2v) is 8.02. The molecule has 9 heteroatoms. The molecule has 0 bridgehead atoms. The molecule has 124 valence electrons. The molecule has 5 nitrogen and oxygen atoms in total. The zero-order chi connectivity index (χ0) is 17.3. The summed E-state index contributed by atoms with van der Waals surface area (Å²) in [6, 6.07) is 1.37. The van der Waals surface area contributed by atoms with E-state index in [-0.39, 0.29) is 0 Å². The van der Waals surface area contributed by atoms with Gasteiger partial charge in [-0.2, -0.15) is 13.2 Å². The standard InChI is InChI=1S/C13H17F3N2O3S/c1-8(11(19)18-12(2,3)4)22(20,21)10-6-5-9(7-17-10)13(14,15)16/h5-8H,1-4H3,(H,18,19). The van der Waals surface area contributed by atoms with E-state index in [4.69, 9.17) is 0 Å². The van der Waals surface area contributed by atoms with E-state index >= 15 is 0 Å². The van der Waals surface area contributed by atoms with Gasteiger partial charge in [-0.1, -0.05) is 0 Å². The number of aromatic nitrogens is 1. The van der Waals surface area contributed by atoms with Crippen LogP contribution in [0.25, 0.3) is 0 Å². The molecule has 1 aromatic heterocycles. The van der Waals surface area contributed by atoms with Crippen LogP contribution in [-0.4, -0.2) is 30.1 Å². The van der Waals surface area contributed by atoms with E-state index in [1.807, 2.05) is 0 Å². The van der Waals surface area contributed by atoms with E-state index in [0.717, 1.165) is 13.0 Å². The van der Waals surface area contributed by atoms with E-state index in [1.54, 1.807) is 20.8 Å². The van der Waals surface area contributed by atoms with E-state index in [9.17, 15) is 26.4 Å². The Hall–Kier alpha value is -1.64. The summed E-state index contributed by atoms with van der Waals surface area (Å²) in [5.74, 6) is -0.741. The monoisotopic (exact) mass is 338 g/mol. The number of sulfone groups is 1. The fourth-order valence-electron chi connectivity index (χ4n) is 1.51. The molecule has 1 amide bonds. The molecule has 1 aromatic rings. The van der Waals surface area contributed by atoms with Gasteiger partial charge in [0.1, 0.15) is 5.25 Å². The van der Waals surface area contributed by atoms with Gasteiger partial charge in [0, 0.05) is 11.7 Å². The smallest absolute Gasteiger partial charge is 0.350 e. The van der Waals surface area contributed by atoms with Gasteiger partial charge in [0.05, 0.1) is 5.56 Å². The average molecular weight is 338 g/mol. The number of hydrogen-bond donors (Lipinski definition) is 1. The zero-order valence-electron chi connectivity index (χ0n) is 12.5. The summed E-state index contributed by atoms with van der Waals surface area (Å²) in [5, 5.41) is 0.470. The van der Waals surface area contributed by atoms with Crippen LogP contribution in [0.4, 0.5) is 13.2 Å². The van der Waals surface area contributed by atoms with Crippen molar-refractivity contribution in [1.29, 1.82) is 0 Å². The molecule has 1 unspecified atom stereocenters. The Bertz CT molecular complexity index is 647. The Morgan fingerprint density at radius 2 is 1.77 bits per heavy atom. The number of nitrogens with zero attached hydrogens (tertiary/aromatic N) is 1. The summed E-state index contributed by atoms with van der Waals surface area (Å²) >= 11 is 0. The molecular formula is C13H17F3N2O3S. The van der Waals surface area contributed by atoms with Crippen molar-refractivity contribution in [2.45, 2.75) is 49.7 Å². The maximum Gasteiger partial charge on any atom is 0.417 e. The molecule has 22 heavy (non-hydrogen) atoms. The van der Waals surface area contributed by atoms with Gasteiger partial charge in [0.25, 0.3) is 0 Å². The van der Waals surface area contributed by atoms with Gasteiger partial charge >= 0.3 is 6.18 Å². The molecule has 1 atom stereocenters. The second kappa shape index (κ2) is 5.86. The van der Waals surface area contributed by atoms with Crippen molar-refractivity contribution in [1.82, 2.24) is 10.3 Å². The summed E-state index contributed by atoms with van der Waals surface area (Å²) in [5.41, 5.74) is -1.69. The number of halogens is 3. The fraction of sp³-hybridized carbons (Fsp3) is 0.538. The van der Waals surface area contributed by atoms with Crippen LogP contribution in [0.15, 0.2) is 23.4 Å². The topological polar surface area (TPSA) is 76.1 Å². The zero-order valence-corrected chi connectivity index (χ0v) is 13.3. The highest BCUT2D eigenvalue weighted by molar-refractivity contribution is 7.92. The van der Waals surface area contributed by atoms with Crippen molar-refractivity contribution in [3.05, 3.63) is 23.9 Å². The highest BCUT2D eigenvalue weighted by atomic mass is 32.2. The van der Waals surface area contributed by atoms with Crippen LogP contribution in [0.2, 0.25) is 0 Å². The summed E-state index contributed by atoms with van der Waals surface area (Å²) < 4.78 is 61.7. The SMILES string of the molecule is CC(C(=O)NC(C)(C)C)S(=O)(=O)c1ccc(C(F)(F)F)cn1. The number of carbonyl (C=O) groups excluding carboxylic acids is 1. The van der Waals surface area contributed by atoms with Gasteiger partial charge in [-0.25, -0.2) is 13.4 Å². The molecule has 0 aromatic carbocycles. The lowest BCUT2D eigenvalue weighted by Gasteiger charge is -2.23. The number of rotatable bonds is 3. The molecule has 0 spiro atoms.